The van der Waals surface area contributed by atoms with Crippen LogP contribution in [0.15, 0.2) is 0 Å². The van der Waals surface area contributed by atoms with Crippen LogP contribution in [0.3, 0.4) is 0 Å². The second kappa shape index (κ2) is 16.0. The van der Waals surface area contributed by atoms with Gasteiger partial charge in [0.05, 0.1) is 13.2 Å². The molecule has 1 heterocycles. The fourth-order valence-electron chi connectivity index (χ4n) is 3.56. The van der Waals surface area contributed by atoms with E-state index < -0.39 is 8.80 Å². The van der Waals surface area contributed by atoms with Gasteiger partial charge in [0.15, 0.2) is 0 Å². The van der Waals surface area contributed by atoms with Crippen molar-refractivity contribution in [3.05, 3.63) is 0 Å². The lowest BCUT2D eigenvalue weighted by molar-refractivity contribution is 0.0371. The van der Waals surface area contributed by atoms with Gasteiger partial charge in [-0.1, -0.05) is 38.5 Å². The van der Waals surface area contributed by atoms with Gasteiger partial charge < -0.3 is 18.0 Å². The summed E-state index contributed by atoms with van der Waals surface area (Å²) in [5, 5.41) is 0. The number of hydrogen-bond donors (Lipinski definition) is 0. The Morgan fingerprint density at radius 3 is 1.65 bits per heavy atom. The lowest BCUT2D eigenvalue weighted by atomic mass is 10.1. The standard InChI is InChI=1S/C20H43NO4Si/c1-4-23-26(24-5-2,25-6-3)20-14-12-10-8-7-9-11-13-15-21-16-18-22-19-17-21/h4-20H2,1-3H3. The third-order valence-corrected chi connectivity index (χ3v) is 8.06. The van der Waals surface area contributed by atoms with E-state index in [1.807, 2.05) is 20.8 Å². The molecule has 0 aromatic heterocycles. The van der Waals surface area contributed by atoms with Crippen LogP contribution >= 0.6 is 0 Å². The van der Waals surface area contributed by atoms with Gasteiger partial charge >= 0.3 is 8.80 Å². The number of nitrogens with zero attached hydrogens (tertiary/aromatic N) is 1. The topological polar surface area (TPSA) is 40.2 Å². The Hall–Kier alpha value is 0.0169. The van der Waals surface area contributed by atoms with Crippen molar-refractivity contribution in [1.29, 1.82) is 0 Å². The summed E-state index contributed by atoms with van der Waals surface area (Å²) in [4.78, 5) is 2.54. The predicted molar refractivity (Wildman–Crippen MR) is 110 cm³/mol. The smallest absolute Gasteiger partial charge is 0.379 e. The van der Waals surface area contributed by atoms with Crippen LogP contribution in [0.1, 0.15) is 72.1 Å². The summed E-state index contributed by atoms with van der Waals surface area (Å²) in [6.45, 7) is 13.4. The van der Waals surface area contributed by atoms with E-state index in [-0.39, 0.29) is 0 Å². The Bertz CT molecular complexity index is 297. The average Bonchev–Trinajstić information content (AvgIpc) is 2.65. The number of rotatable bonds is 17. The van der Waals surface area contributed by atoms with Crippen LogP contribution in [0.25, 0.3) is 0 Å². The first-order valence-electron chi connectivity index (χ1n) is 11.0. The van der Waals surface area contributed by atoms with Crippen molar-refractivity contribution in [3.8, 4) is 0 Å². The van der Waals surface area contributed by atoms with E-state index in [4.69, 9.17) is 18.0 Å². The molecular weight excluding hydrogens is 346 g/mol. The molecule has 0 amide bonds. The van der Waals surface area contributed by atoms with Crippen molar-refractivity contribution in [2.75, 3.05) is 52.7 Å². The summed E-state index contributed by atoms with van der Waals surface area (Å²) >= 11 is 0. The van der Waals surface area contributed by atoms with Crippen LogP contribution in [0.4, 0.5) is 0 Å². The fraction of sp³-hybridized carbons (Fsp3) is 1.00. The fourth-order valence-corrected chi connectivity index (χ4v) is 6.25. The molecule has 0 saturated carbocycles. The van der Waals surface area contributed by atoms with Crippen LogP contribution in [-0.4, -0.2) is 66.4 Å². The molecule has 0 spiro atoms. The highest BCUT2D eigenvalue weighted by molar-refractivity contribution is 6.60. The first-order valence-corrected chi connectivity index (χ1v) is 12.9. The maximum absolute atomic E-state index is 5.92. The van der Waals surface area contributed by atoms with Gasteiger partial charge in [-0.25, -0.2) is 0 Å². The Kier molecular flexibility index (Phi) is 14.8. The molecule has 156 valence electrons. The molecular formula is C20H43NO4Si. The first-order chi connectivity index (χ1) is 12.8. The van der Waals surface area contributed by atoms with Crippen LogP contribution < -0.4 is 0 Å². The van der Waals surface area contributed by atoms with E-state index in [0.717, 1.165) is 38.8 Å². The summed E-state index contributed by atoms with van der Waals surface area (Å²) < 4.78 is 23.1. The van der Waals surface area contributed by atoms with E-state index in [2.05, 4.69) is 4.90 Å². The van der Waals surface area contributed by atoms with Crippen LogP contribution in [0, 0.1) is 0 Å². The number of hydrogen-bond acceptors (Lipinski definition) is 5. The van der Waals surface area contributed by atoms with Crippen LogP contribution in [0.2, 0.25) is 6.04 Å². The third-order valence-electron chi connectivity index (χ3n) is 4.90. The highest BCUT2D eigenvalue weighted by atomic mass is 28.4. The Labute approximate surface area is 163 Å². The van der Waals surface area contributed by atoms with Crippen molar-refractivity contribution in [3.63, 3.8) is 0 Å². The number of unbranched alkanes of at least 4 members (excludes halogenated alkanes) is 7. The molecule has 0 atom stereocenters. The molecule has 1 aliphatic heterocycles. The summed E-state index contributed by atoms with van der Waals surface area (Å²) in [6.07, 6.45) is 10.5. The zero-order chi connectivity index (χ0) is 18.9. The van der Waals surface area contributed by atoms with Gasteiger partial charge in [0.2, 0.25) is 0 Å². The second-order valence-corrected chi connectivity index (χ2v) is 9.75. The SMILES string of the molecule is CCO[Si](CCCCCCCCCCN1CCOCC1)(OCC)OCC. The summed E-state index contributed by atoms with van der Waals surface area (Å²) in [5.74, 6) is 0. The molecule has 1 saturated heterocycles. The molecule has 1 rings (SSSR count). The van der Waals surface area contributed by atoms with Crippen molar-refractivity contribution >= 4 is 8.80 Å². The summed E-state index contributed by atoms with van der Waals surface area (Å²) in [6, 6.07) is 0.960. The highest BCUT2D eigenvalue weighted by Crippen LogP contribution is 2.20. The van der Waals surface area contributed by atoms with E-state index in [9.17, 15) is 0 Å². The molecule has 5 nitrogen and oxygen atoms in total. The largest absolute Gasteiger partial charge is 0.500 e. The molecule has 0 bridgehead atoms. The molecule has 0 aromatic carbocycles. The number of ether oxygens (including phenoxy) is 1. The molecule has 0 N–H and O–H groups in total. The predicted octanol–water partition coefficient (Wildman–Crippen LogP) is 4.49. The first kappa shape index (κ1) is 24.1. The maximum atomic E-state index is 5.92. The Balaban J connectivity index is 1.98. The summed E-state index contributed by atoms with van der Waals surface area (Å²) in [7, 11) is -2.41. The summed E-state index contributed by atoms with van der Waals surface area (Å²) in [5.41, 5.74) is 0. The zero-order valence-corrected chi connectivity index (χ0v) is 18.6. The lowest BCUT2D eigenvalue weighted by Crippen LogP contribution is -2.45. The van der Waals surface area contributed by atoms with Gasteiger partial charge in [0.1, 0.15) is 0 Å². The van der Waals surface area contributed by atoms with Gasteiger partial charge in [0, 0.05) is 39.0 Å². The molecule has 0 aliphatic carbocycles. The minimum absolute atomic E-state index is 0.677. The Morgan fingerprint density at radius 1 is 0.692 bits per heavy atom. The monoisotopic (exact) mass is 389 g/mol. The van der Waals surface area contributed by atoms with Crippen molar-refractivity contribution < 1.29 is 18.0 Å². The molecule has 0 radical (unpaired) electrons. The molecule has 0 unspecified atom stereocenters. The molecule has 1 aliphatic rings. The Morgan fingerprint density at radius 2 is 1.15 bits per heavy atom. The molecule has 0 aromatic rings. The minimum Gasteiger partial charge on any atom is -0.379 e. The van der Waals surface area contributed by atoms with Gasteiger partial charge in [-0.3, -0.25) is 4.90 Å². The van der Waals surface area contributed by atoms with Gasteiger partial charge in [-0.2, -0.15) is 0 Å². The van der Waals surface area contributed by atoms with Gasteiger partial charge in [0.25, 0.3) is 0 Å². The van der Waals surface area contributed by atoms with Crippen LogP contribution in [0.5, 0.6) is 0 Å². The number of morpholine rings is 1. The van der Waals surface area contributed by atoms with E-state index >= 15 is 0 Å². The molecule has 26 heavy (non-hydrogen) atoms. The van der Waals surface area contributed by atoms with E-state index in [0.29, 0.717) is 19.8 Å². The van der Waals surface area contributed by atoms with Gasteiger partial charge in [-0.15, -0.1) is 0 Å². The van der Waals surface area contributed by atoms with Crippen molar-refractivity contribution in [2.45, 2.75) is 78.2 Å². The normalized spacial score (nSPS) is 16.3. The molecule has 1 fully saturated rings. The quantitative estimate of drug-likeness (QED) is 0.271. The minimum atomic E-state index is -2.41. The van der Waals surface area contributed by atoms with Crippen LogP contribution in [-0.2, 0) is 18.0 Å². The van der Waals surface area contributed by atoms with Crippen molar-refractivity contribution in [2.24, 2.45) is 0 Å². The van der Waals surface area contributed by atoms with E-state index in [1.165, 1.54) is 51.5 Å². The second-order valence-electron chi connectivity index (χ2n) is 7.01. The average molecular weight is 390 g/mol. The van der Waals surface area contributed by atoms with Gasteiger partial charge in [-0.05, 0) is 40.2 Å². The lowest BCUT2D eigenvalue weighted by Gasteiger charge is -2.28. The zero-order valence-electron chi connectivity index (χ0n) is 17.6. The molecule has 6 heteroatoms. The third kappa shape index (κ3) is 11.0. The van der Waals surface area contributed by atoms with E-state index in [1.54, 1.807) is 0 Å². The highest BCUT2D eigenvalue weighted by Gasteiger charge is 2.39. The van der Waals surface area contributed by atoms with Crippen molar-refractivity contribution in [1.82, 2.24) is 4.90 Å². The maximum Gasteiger partial charge on any atom is 0.500 e.